The molecule has 2 rings (SSSR count). The van der Waals surface area contributed by atoms with Crippen molar-refractivity contribution in [1.29, 1.82) is 0 Å². The Hall–Kier alpha value is -2.53. The molecule has 0 unspecified atom stereocenters. The minimum absolute atomic E-state index is 0.0967. The summed E-state index contributed by atoms with van der Waals surface area (Å²) in [4.78, 5) is 14.7. The lowest BCUT2D eigenvalue weighted by atomic mass is 10.1. The van der Waals surface area contributed by atoms with Gasteiger partial charge in [0.2, 0.25) is 0 Å². The maximum atomic E-state index is 12.6. The highest BCUT2D eigenvalue weighted by Crippen LogP contribution is 2.29. The zero-order valence-electron chi connectivity index (χ0n) is 15.5. The molecule has 5 nitrogen and oxygen atoms in total. The monoisotopic (exact) mass is 342 g/mol. The van der Waals surface area contributed by atoms with Crippen molar-refractivity contribution in [2.75, 3.05) is 34.9 Å². The van der Waals surface area contributed by atoms with Crippen LogP contribution in [0.3, 0.4) is 0 Å². The average Bonchev–Trinajstić information content (AvgIpc) is 2.62. The predicted molar refractivity (Wildman–Crippen MR) is 99.5 cm³/mol. The molecule has 25 heavy (non-hydrogen) atoms. The summed E-state index contributed by atoms with van der Waals surface area (Å²) < 4.78 is 10.7. The average molecular weight is 342 g/mol. The molecule has 2 aromatic carbocycles. The van der Waals surface area contributed by atoms with Crippen LogP contribution in [0, 0.1) is 6.92 Å². The van der Waals surface area contributed by atoms with E-state index in [0.717, 1.165) is 11.1 Å². The molecule has 1 amide bonds. The van der Waals surface area contributed by atoms with Gasteiger partial charge in [0.1, 0.15) is 11.5 Å². The molecule has 0 aromatic heterocycles. The van der Waals surface area contributed by atoms with Gasteiger partial charge in [0.25, 0.3) is 5.91 Å². The van der Waals surface area contributed by atoms with Crippen LogP contribution >= 0.6 is 0 Å². The van der Waals surface area contributed by atoms with Crippen molar-refractivity contribution in [2.45, 2.75) is 13.0 Å². The topological polar surface area (TPSA) is 50.8 Å². The number of rotatable bonds is 7. The molecule has 0 radical (unpaired) electrons. The Morgan fingerprint density at radius 2 is 1.64 bits per heavy atom. The van der Waals surface area contributed by atoms with Gasteiger partial charge in [0.15, 0.2) is 0 Å². The van der Waals surface area contributed by atoms with Crippen molar-refractivity contribution in [3.8, 4) is 11.5 Å². The van der Waals surface area contributed by atoms with Crippen LogP contribution in [0.2, 0.25) is 0 Å². The first-order valence-corrected chi connectivity index (χ1v) is 8.20. The third-order valence-corrected chi connectivity index (χ3v) is 4.28. The van der Waals surface area contributed by atoms with E-state index in [1.54, 1.807) is 26.4 Å². The third kappa shape index (κ3) is 4.51. The molecule has 0 spiro atoms. The van der Waals surface area contributed by atoms with E-state index >= 15 is 0 Å². The van der Waals surface area contributed by atoms with Gasteiger partial charge in [-0.05, 0) is 38.7 Å². The van der Waals surface area contributed by atoms with Gasteiger partial charge < -0.3 is 19.7 Å². The molecule has 0 bridgehead atoms. The summed E-state index contributed by atoms with van der Waals surface area (Å²) in [5.74, 6) is 1.12. The smallest absolute Gasteiger partial charge is 0.251 e. The van der Waals surface area contributed by atoms with Crippen molar-refractivity contribution >= 4 is 5.91 Å². The Labute approximate surface area is 149 Å². The van der Waals surface area contributed by atoms with Crippen molar-refractivity contribution < 1.29 is 14.3 Å². The number of nitrogens with one attached hydrogen (secondary N) is 1. The number of ether oxygens (including phenoxy) is 2. The van der Waals surface area contributed by atoms with Crippen molar-refractivity contribution in [1.82, 2.24) is 10.2 Å². The maximum Gasteiger partial charge on any atom is 0.251 e. The predicted octanol–water partition coefficient (Wildman–Crippen LogP) is 3.04. The summed E-state index contributed by atoms with van der Waals surface area (Å²) in [6.07, 6.45) is 0. The Morgan fingerprint density at radius 1 is 1.08 bits per heavy atom. The molecule has 0 saturated heterocycles. The Kier molecular flexibility index (Phi) is 6.42. The first-order valence-electron chi connectivity index (χ1n) is 8.20. The Morgan fingerprint density at radius 3 is 2.12 bits per heavy atom. The van der Waals surface area contributed by atoms with Crippen molar-refractivity contribution in [3.63, 3.8) is 0 Å². The van der Waals surface area contributed by atoms with Crippen LogP contribution < -0.4 is 14.8 Å². The minimum atomic E-state index is -0.153. The van der Waals surface area contributed by atoms with Gasteiger partial charge in [-0.25, -0.2) is 0 Å². The number of nitrogens with zero attached hydrogens (tertiary/aromatic N) is 1. The van der Waals surface area contributed by atoms with Gasteiger partial charge in [0, 0.05) is 17.7 Å². The fourth-order valence-electron chi connectivity index (χ4n) is 2.78. The van der Waals surface area contributed by atoms with Crippen LogP contribution in [0.25, 0.3) is 0 Å². The van der Waals surface area contributed by atoms with Crippen LogP contribution in [0.4, 0.5) is 0 Å². The molecular formula is C20H26N2O3. The Balaban J connectivity index is 2.16. The highest BCUT2D eigenvalue weighted by atomic mass is 16.5. The molecule has 0 aliphatic heterocycles. The van der Waals surface area contributed by atoms with E-state index in [2.05, 4.69) is 22.3 Å². The fourth-order valence-corrected chi connectivity index (χ4v) is 2.78. The zero-order chi connectivity index (χ0) is 18.4. The standard InChI is InChI=1S/C20H26N2O3/c1-14-18(24-4)11-16(12-19(14)25-5)20(23)21-13-17(22(2)3)15-9-7-6-8-10-15/h6-12,17H,13H2,1-5H3,(H,21,23)/t17-/m1/s1. The second-order valence-corrected chi connectivity index (χ2v) is 6.11. The number of benzene rings is 2. The minimum Gasteiger partial charge on any atom is -0.496 e. The van der Waals surface area contributed by atoms with Crippen molar-refractivity contribution in [2.24, 2.45) is 0 Å². The summed E-state index contributed by atoms with van der Waals surface area (Å²) in [5, 5.41) is 3.01. The first-order chi connectivity index (χ1) is 12.0. The number of carbonyl (C=O) groups excluding carboxylic acids is 1. The number of likely N-dealkylation sites (N-methyl/N-ethyl adjacent to an activating group) is 1. The largest absolute Gasteiger partial charge is 0.496 e. The molecule has 0 aliphatic rings. The van der Waals surface area contributed by atoms with Gasteiger partial charge in [-0.2, -0.15) is 0 Å². The number of hydrogen-bond acceptors (Lipinski definition) is 4. The Bertz CT molecular complexity index is 689. The van der Waals surface area contributed by atoms with Gasteiger partial charge >= 0.3 is 0 Å². The first kappa shape index (κ1) is 18.8. The van der Waals surface area contributed by atoms with Gasteiger partial charge in [-0.15, -0.1) is 0 Å². The second kappa shape index (κ2) is 8.53. The van der Waals surface area contributed by atoms with Crippen LogP contribution in [-0.4, -0.2) is 45.7 Å². The van der Waals surface area contributed by atoms with E-state index in [1.165, 1.54) is 0 Å². The van der Waals surface area contributed by atoms with E-state index in [0.29, 0.717) is 23.6 Å². The van der Waals surface area contributed by atoms with Crippen LogP contribution in [0.5, 0.6) is 11.5 Å². The number of carbonyl (C=O) groups is 1. The van der Waals surface area contributed by atoms with Crippen LogP contribution in [0.15, 0.2) is 42.5 Å². The SMILES string of the molecule is COc1cc(C(=O)NC[C@H](c2ccccc2)N(C)C)cc(OC)c1C. The van der Waals surface area contributed by atoms with E-state index in [4.69, 9.17) is 9.47 Å². The number of methoxy groups -OCH3 is 2. The van der Waals surface area contributed by atoms with Gasteiger partial charge in [0.05, 0.1) is 20.3 Å². The third-order valence-electron chi connectivity index (χ3n) is 4.28. The van der Waals surface area contributed by atoms with E-state index in [-0.39, 0.29) is 11.9 Å². The van der Waals surface area contributed by atoms with E-state index < -0.39 is 0 Å². The normalized spacial score (nSPS) is 11.9. The molecule has 0 heterocycles. The molecule has 0 saturated carbocycles. The van der Waals surface area contributed by atoms with Gasteiger partial charge in [-0.3, -0.25) is 4.79 Å². The molecular weight excluding hydrogens is 316 g/mol. The fraction of sp³-hybridized carbons (Fsp3) is 0.350. The molecule has 1 N–H and O–H groups in total. The lowest BCUT2D eigenvalue weighted by molar-refractivity contribution is 0.0941. The number of amides is 1. The lowest BCUT2D eigenvalue weighted by Gasteiger charge is -2.25. The summed E-state index contributed by atoms with van der Waals surface area (Å²) in [6.45, 7) is 2.41. The van der Waals surface area contributed by atoms with Crippen molar-refractivity contribution in [3.05, 3.63) is 59.2 Å². The maximum absolute atomic E-state index is 12.6. The molecule has 5 heteroatoms. The second-order valence-electron chi connectivity index (χ2n) is 6.11. The summed E-state index contributed by atoms with van der Waals surface area (Å²) in [6, 6.07) is 13.7. The van der Waals surface area contributed by atoms with E-state index in [9.17, 15) is 4.79 Å². The highest BCUT2D eigenvalue weighted by Gasteiger charge is 2.17. The molecule has 134 valence electrons. The molecule has 1 atom stereocenters. The van der Waals surface area contributed by atoms with Gasteiger partial charge in [-0.1, -0.05) is 30.3 Å². The molecule has 0 fully saturated rings. The van der Waals surface area contributed by atoms with Crippen LogP contribution in [-0.2, 0) is 0 Å². The zero-order valence-corrected chi connectivity index (χ0v) is 15.5. The lowest BCUT2D eigenvalue weighted by Crippen LogP contribution is -2.34. The summed E-state index contributed by atoms with van der Waals surface area (Å²) in [5.41, 5.74) is 2.55. The summed E-state index contributed by atoms with van der Waals surface area (Å²) in [7, 11) is 7.17. The highest BCUT2D eigenvalue weighted by molar-refractivity contribution is 5.95. The number of hydrogen-bond donors (Lipinski definition) is 1. The van der Waals surface area contributed by atoms with Crippen LogP contribution in [0.1, 0.15) is 27.5 Å². The van der Waals surface area contributed by atoms with E-state index in [1.807, 2.05) is 39.2 Å². The molecule has 2 aromatic rings. The molecule has 0 aliphatic carbocycles. The quantitative estimate of drug-likeness (QED) is 0.840. The summed E-state index contributed by atoms with van der Waals surface area (Å²) >= 11 is 0.